The fraction of sp³-hybridized carbons (Fsp3) is 0.250. The van der Waals surface area contributed by atoms with Gasteiger partial charge in [0.1, 0.15) is 0 Å². The molecule has 0 radical (unpaired) electrons. The van der Waals surface area contributed by atoms with Gasteiger partial charge in [-0.2, -0.15) is 0 Å². The molecule has 3 fully saturated rings. The van der Waals surface area contributed by atoms with Crippen LogP contribution < -0.4 is 9.80 Å². The highest BCUT2D eigenvalue weighted by Gasteiger charge is 2.68. The molecule has 2 bridgehead atoms. The van der Waals surface area contributed by atoms with Crippen LogP contribution in [-0.2, 0) is 19.2 Å². The van der Waals surface area contributed by atoms with Crippen molar-refractivity contribution >= 4 is 35.0 Å². The zero-order valence-electron chi connectivity index (χ0n) is 15.9. The van der Waals surface area contributed by atoms with Crippen LogP contribution in [0.15, 0.2) is 72.8 Å². The van der Waals surface area contributed by atoms with Crippen molar-refractivity contribution in [2.75, 3.05) is 9.80 Å². The van der Waals surface area contributed by atoms with Gasteiger partial charge in [0.05, 0.1) is 35.0 Å². The van der Waals surface area contributed by atoms with Gasteiger partial charge in [0.2, 0.25) is 23.6 Å². The fourth-order valence-corrected chi connectivity index (χ4v) is 5.89. The Morgan fingerprint density at radius 1 is 0.467 bits per heavy atom. The fourth-order valence-electron chi connectivity index (χ4n) is 5.89. The van der Waals surface area contributed by atoms with Gasteiger partial charge in [0.25, 0.3) is 0 Å². The van der Waals surface area contributed by atoms with E-state index in [9.17, 15) is 19.2 Å². The third-order valence-corrected chi connectivity index (χ3v) is 7.04. The van der Waals surface area contributed by atoms with Gasteiger partial charge in [0.15, 0.2) is 0 Å². The van der Waals surface area contributed by atoms with Crippen molar-refractivity contribution in [3.05, 3.63) is 72.8 Å². The topological polar surface area (TPSA) is 74.8 Å². The Kier molecular flexibility index (Phi) is 3.46. The molecule has 3 aliphatic carbocycles. The first-order valence-corrected chi connectivity index (χ1v) is 10.1. The smallest absolute Gasteiger partial charge is 0.238 e. The molecule has 5 aliphatic rings. The average molecular weight is 398 g/mol. The summed E-state index contributed by atoms with van der Waals surface area (Å²) in [6.07, 6.45) is 3.76. The van der Waals surface area contributed by atoms with Gasteiger partial charge in [-0.1, -0.05) is 48.6 Å². The van der Waals surface area contributed by atoms with Crippen LogP contribution in [0.4, 0.5) is 11.4 Å². The lowest BCUT2D eigenvalue weighted by atomic mass is 9.54. The van der Waals surface area contributed by atoms with Gasteiger partial charge < -0.3 is 0 Å². The Balaban J connectivity index is 1.42. The molecule has 0 N–H and O–H groups in total. The number of para-hydroxylation sites is 2. The molecule has 7 rings (SSSR count). The zero-order valence-corrected chi connectivity index (χ0v) is 15.9. The Labute approximate surface area is 172 Å². The number of nitrogens with zero attached hydrogens (tertiary/aromatic N) is 2. The van der Waals surface area contributed by atoms with Gasteiger partial charge in [0, 0.05) is 11.8 Å². The summed E-state index contributed by atoms with van der Waals surface area (Å²) in [7, 11) is 0. The molecule has 4 unspecified atom stereocenters. The summed E-state index contributed by atoms with van der Waals surface area (Å²) in [4.78, 5) is 55.8. The number of rotatable bonds is 2. The van der Waals surface area contributed by atoms with Crippen molar-refractivity contribution in [3.63, 3.8) is 0 Å². The normalized spacial score (nSPS) is 34.0. The highest BCUT2D eigenvalue weighted by Crippen LogP contribution is 2.58. The standard InChI is InChI=1S/C24H18N2O4/c27-21-17-15-11-12-16(18(17)22(28)25(21)13-7-3-1-4-8-13)20-19(15)23(29)26(24(20)30)14-9-5-2-6-10-14/h1-12,15-20H. The van der Waals surface area contributed by atoms with Gasteiger partial charge in [-0.25, -0.2) is 0 Å². The van der Waals surface area contributed by atoms with Crippen LogP contribution >= 0.6 is 0 Å². The van der Waals surface area contributed by atoms with E-state index < -0.39 is 35.5 Å². The Morgan fingerprint density at radius 3 is 1.07 bits per heavy atom. The number of amides is 4. The average Bonchev–Trinajstić information content (AvgIpc) is 3.22. The SMILES string of the molecule is O=C1C2C3C=CC(C2C(=O)N1c1ccccc1)C1C(=O)N(c2ccccc2)C(=O)C31. The van der Waals surface area contributed by atoms with E-state index in [0.717, 1.165) is 0 Å². The third kappa shape index (κ3) is 2.03. The molecule has 2 aliphatic heterocycles. The van der Waals surface area contributed by atoms with Gasteiger partial charge in [-0.15, -0.1) is 0 Å². The number of carbonyl (C=O) groups is 4. The van der Waals surface area contributed by atoms with Crippen molar-refractivity contribution < 1.29 is 19.2 Å². The molecule has 6 heteroatoms. The minimum atomic E-state index is -0.596. The molecule has 30 heavy (non-hydrogen) atoms. The number of allylic oxidation sites excluding steroid dienone is 2. The zero-order chi connectivity index (χ0) is 20.6. The van der Waals surface area contributed by atoms with Gasteiger partial charge in [-0.3, -0.25) is 29.0 Å². The monoisotopic (exact) mass is 398 g/mol. The van der Waals surface area contributed by atoms with E-state index in [0.29, 0.717) is 11.4 Å². The van der Waals surface area contributed by atoms with E-state index in [4.69, 9.17) is 0 Å². The predicted molar refractivity (Wildman–Crippen MR) is 108 cm³/mol. The molecule has 2 saturated heterocycles. The van der Waals surface area contributed by atoms with Crippen molar-refractivity contribution in [2.45, 2.75) is 0 Å². The third-order valence-electron chi connectivity index (χ3n) is 7.04. The predicted octanol–water partition coefficient (Wildman–Crippen LogP) is 2.41. The molecule has 0 aromatic heterocycles. The van der Waals surface area contributed by atoms with Gasteiger partial charge in [-0.05, 0) is 24.3 Å². The summed E-state index contributed by atoms with van der Waals surface area (Å²) in [5.74, 6) is -4.36. The summed E-state index contributed by atoms with van der Waals surface area (Å²) in [6, 6.07) is 17.7. The second-order valence-corrected chi connectivity index (χ2v) is 8.34. The van der Waals surface area contributed by atoms with Crippen LogP contribution in [-0.4, -0.2) is 23.6 Å². The largest absolute Gasteiger partial charge is 0.274 e. The number of anilines is 2. The second kappa shape index (κ2) is 5.98. The van der Waals surface area contributed by atoms with Crippen LogP contribution in [0.2, 0.25) is 0 Å². The van der Waals surface area contributed by atoms with E-state index in [1.165, 1.54) is 9.80 Å². The Bertz CT molecular complexity index is 993. The molecule has 6 nitrogen and oxygen atoms in total. The van der Waals surface area contributed by atoms with E-state index in [1.54, 1.807) is 48.5 Å². The lowest BCUT2D eigenvalue weighted by Crippen LogP contribution is -2.50. The first kappa shape index (κ1) is 17.3. The first-order valence-electron chi connectivity index (χ1n) is 10.1. The lowest BCUT2D eigenvalue weighted by molar-refractivity contribution is -0.137. The number of hydrogen-bond donors (Lipinski definition) is 0. The van der Waals surface area contributed by atoms with Crippen LogP contribution in [0.3, 0.4) is 0 Å². The van der Waals surface area contributed by atoms with Gasteiger partial charge >= 0.3 is 0 Å². The molecule has 2 aromatic carbocycles. The molecular formula is C24H18N2O4. The van der Waals surface area contributed by atoms with Crippen LogP contribution in [0.1, 0.15) is 0 Å². The van der Waals surface area contributed by atoms with E-state index in [2.05, 4.69) is 0 Å². The number of benzene rings is 2. The Morgan fingerprint density at radius 2 is 0.767 bits per heavy atom. The minimum absolute atomic E-state index is 0.271. The lowest BCUT2D eigenvalue weighted by Gasteiger charge is -2.44. The summed E-state index contributed by atoms with van der Waals surface area (Å²) in [6.45, 7) is 0. The minimum Gasteiger partial charge on any atom is -0.274 e. The van der Waals surface area contributed by atoms with Crippen molar-refractivity contribution in [1.82, 2.24) is 0 Å². The molecule has 2 heterocycles. The maximum atomic E-state index is 13.3. The van der Waals surface area contributed by atoms with Crippen LogP contribution in [0.5, 0.6) is 0 Å². The summed E-state index contributed by atoms with van der Waals surface area (Å²) in [5, 5.41) is 0. The molecule has 2 aromatic rings. The summed E-state index contributed by atoms with van der Waals surface area (Å²) >= 11 is 0. The van der Waals surface area contributed by atoms with E-state index in [-0.39, 0.29) is 23.6 Å². The van der Waals surface area contributed by atoms with E-state index >= 15 is 0 Å². The second-order valence-electron chi connectivity index (χ2n) is 8.34. The Hall–Kier alpha value is -3.54. The molecule has 1 saturated carbocycles. The molecule has 0 spiro atoms. The molecule has 4 amide bonds. The first-order chi connectivity index (χ1) is 14.6. The number of hydrogen-bond acceptors (Lipinski definition) is 4. The maximum Gasteiger partial charge on any atom is 0.238 e. The van der Waals surface area contributed by atoms with Crippen molar-refractivity contribution in [2.24, 2.45) is 35.5 Å². The summed E-state index contributed by atoms with van der Waals surface area (Å²) < 4.78 is 0. The highest BCUT2D eigenvalue weighted by atomic mass is 16.2. The highest BCUT2D eigenvalue weighted by molar-refractivity contribution is 6.26. The maximum absolute atomic E-state index is 13.3. The molecule has 4 atom stereocenters. The van der Waals surface area contributed by atoms with Crippen molar-refractivity contribution in [3.8, 4) is 0 Å². The quantitative estimate of drug-likeness (QED) is 0.575. The van der Waals surface area contributed by atoms with Crippen molar-refractivity contribution in [1.29, 1.82) is 0 Å². The van der Waals surface area contributed by atoms with Crippen LogP contribution in [0, 0.1) is 35.5 Å². The molecule has 148 valence electrons. The molecular weight excluding hydrogens is 380 g/mol. The number of carbonyl (C=O) groups excluding carboxylic acids is 4. The summed E-state index contributed by atoms with van der Waals surface area (Å²) in [5.41, 5.74) is 1.07. The number of imide groups is 2. The van der Waals surface area contributed by atoms with E-state index in [1.807, 2.05) is 24.3 Å². The van der Waals surface area contributed by atoms with Crippen LogP contribution in [0.25, 0.3) is 0 Å².